The van der Waals surface area contributed by atoms with Gasteiger partial charge in [-0.25, -0.2) is 9.59 Å². The lowest BCUT2D eigenvalue weighted by Gasteiger charge is -2.42. The van der Waals surface area contributed by atoms with Crippen LogP contribution in [0.5, 0.6) is 0 Å². The van der Waals surface area contributed by atoms with Crippen molar-refractivity contribution in [3.63, 3.8) is 0 Å². The monoisotopic (exact) mass is 488 g/mol. The van der Waals surface area contributed by atoms with Gasteiger partial charge < -0.3 is 64.5 Å². The van der Waals surface area contributed by atoms with Gasteiger partial charge in [-0.3, -0.25) is 0 Å². The fourth-order valence-corrected chi connectivity index (χ4v) is 2.77. The Morgan fingerprint density at radius 2 is 1.52 bits per heavy atom. The maximum atomic E-state index is 12.1. The Morgan fingerprint density at radius 1 is 0.909 bits per heavy atom. The topological polar surface area (TPSA) is 242 Å². The van der Waals surface area contributed by atoms with Gasteiger partial charge in [0.15, 0.2) is 12.4 Å². The zero-order valence-electron chi connectivity index (χ0n) is 18.2. The van der Waals surface area contributed by atoms with Crippen LogP contribution in [0.3, 0.4) is 0 Å². The van der Waals surface area contributed by atoms with Gasteiger partial charge in [0.1, 0.15) is 42.7 Å². The second-order valence-corrected chi connectivity index (χ2v) is 7.52. The van der Waals surface area contributed by atoms with E-state index >= 15 is 0 Å². The van der Waals surface area contributed by atoms with E-state index in [-0.39, 0.29) is 0 Å². The highest BCUT2D eigenvalue weighted by Crippen LogP contribution is 2.25. The van der Waals surface area contributed by atoms with Crippen molar-refractivity contribution >= 4 is 12.1 Å². The number of aliphatic hydroxyl groups is 8. The summed E-state index contributed by atoms with van der Waals surface area (Å²) in [7, 11) is 0. The van der Waals surface area contributed by atoms with E-state index in [2.05, 4.69) is 14.2 Å². The zero-order valence-corrected chi connectivity index (χ0v) is 18.2. The smallest absolute Gasteiger partial charge is 0.431 e. The highest BCUT2D eigenvalue weighted by molar-refractivity contribution is 5.75. The molecule has 15 nitrogen and oxygen atoms in total. The first-order valence-electron chi connectivity index (χ1n) is 10.0. The molecular formula is C18H32O15. The summed E-state index contributed by atoms with van der Waals surface area (Å²) in [5.41, 5.74) is 0. The fourth-order valence-electron chi connectivity index (χ4n) is 2.77. The quantitative estimate of drug-likeness (QED) is 0.101. The summed E-state index contributed by atoms with van der Waals surface area (Å²) in [6, 6.07) is 0. The summed E-state index contributed by atoms with van der Waals surface area (Å²) in [6.45, 7) is 2.36. The molecule has 33 heavy (non-hydrogen) atoms. The first kappa shape index (κ1) is 29.4. The maximum Gasteiger partial charge on any atom is 0.511 e. The number of esters is 1. The minimum absolute atomic E-state index is 0.520. The number of rotatable bonds is 11. The molecule has 8 N–H and O–H groups in total. The van der Waals surface area contributed by atoms with Crippen LogP contribution >= 0.6 is 0 Å². The molecule has 15 heteroatoms. The molecule has 0 aromatic rings. The summed E-state index contributed by atoms with van der Waals surface area (Å²) < 4.78 is 24.2. The van der Waals surface area contributed by atoms with E-state index in [1.165, 1.54) is 0 Å². The van der Waals surface area contributed by atoms with Crippen molar-refractivity contribution in [3.05, 3.63) is 0 Å². The van der Waals surface area contributed by atoms with E-state index in [0.717, 1.165) is 6.92 Å². The summed E-state index contributed by atoms with van der Waals surface area (Å²) in [6.07, 6.45) is -20.6. The third-order valence-electron chi connectivity index (χ3n) is 4.48. The molecule has 0 radical (unpaired) electrons. The van der Waals surface area contributed by atoms with Gasteiger partial charge in [0.05, 0.1) is 19.3 Å². The van der Waals surface area contributed by atoms with Gasteiger partial charge in [0.25, 0.3) is 0 Å². The van der Waals surface area contributed by atoms with Crippen LogP contribution in [0.1, 0.15) is 20.8 Å². The largest absolute Gasteiger partial charge is 0.511 e. The van der Waals surface area contributed by atoms with E-state index < -0.39 is 92.9 Å². The Morgan fingerprint density at radius 3 is 2.03 bits per heavy atom. The number of aliphatic hydroxyl groups excluding tert-OH is 8. The number of hydrogen-bond donors (Lipinski definition) is 8. The van der Waals surface area contributed by atoms with E-state index in [4.69, 9.17) is 9.47 Å². The van der Waals surface area contributed by atoms with Crippen LogP contribution in [-0.2, 0) is 28.5 Å². The lowest BCUT2D eigenvalue weighted by molar-refractivity contribution is -0.327. The summed E-state index contributed by atoms with van der Waals surface area (Å²) >= 11 is 0. The molecule has 0 aromatic heterocycles. The lowest BCUT2D eigenvalue weighted by Crippen LogP contribution is -2.61. The standard InChI is InChI=1S/C18H32O15/c1-6(2)29-18(28)31-7(3)30-16(27)13(25)12(24)15(8(21)4-19)33-17-14(26)11(23)10(22)9(5-20)32-17/h6-15,17,19-26H,4-5H2,1-3H3/t7?,8?,9?,10-,11-,12?,13?,14?,15?,17?/m0/s1. The molecule has 0 amide bonds. The minimum Gasteiger partial charge on any atom is -0.431 e. The molecule has 1 saturated heterocycles. The summed E-state index contributed by atoms with van der Waals surface area (Å²) in [4.78, 5) is 23.5. The van der Waals surface area contributed by atoms with Crippen molar-refractivity contribution in [2.45, 2.75) is 88.3 Å². The molecular weight excluding hydrogens is 456 g/mol. The van der Waals surface area contributed by atoms with Crippen LogP contribution in [-0.4, -0.2) is 134 Å². The van der Waals surface area contributed by atoms with E-state index in [9.17, 15) is 50.4 Å². The zero-order chi connectivity index (χ0) is 25.5. The molecule has 0 spiro atoms. The molecule has 0 saturated carbocycles. The van der Waals surface area contributed by atoms with Crippen LogP contribution in [0.4, 0.5) is 4.79 Å². The van der Waals surface area contributed by atoms with Gasteiger partial charge in [-0.05, 0) is 13.8 Å². The molecule has 0 aliphatic carbocycles. The van der Waals surface area contributed by atoms with Crippen LogP contribution in [0, 0.1) is 0 Å². The molecule has 8 unspecified atom stereocenters. The lowest BCUT2D eigenvalue weighted by atomic mass is 9.98. The third kappa shape index (κ3) is 8.25. The van der Waals surface area contributed by atoms with Gasteiger partial charge in [-0.15, -0.1) is 0 Å². The average molecular weight is 488 g/mol. The Kier molecular flexibility index (Phi) is 11.8. The van der Waals surface area contributed by atoms with Crippen LogP contribution in [0.15, 0.2) is 0 Å². The van der Waals surface area contributed by atoms with Crippen LogP contribution in [0.2, 0.25) is 0 Å². The predicted octanol–water partition coefficient (Wildman–Crippen LogP) is -4.30. The van der Waals surface area contributed by atoms with Gasteiger partial charge >= 0.3 is 12.1 Å². The fraction of sp³-hybridized carbons (Fsp3) is 0.889. The predicted molar refractivity (Wildman–Crippen MR) is 102 cm³/mol. The highest BCUT2D eigenvalue weighted by Gasteiger charge is 2.47. The molecule has 1 aliphatic heterocycles. The second-order valence-electron chi connectivity index (χ2n) is 7.52. The van der Waals surface area contributed by atoms with Crippen LogP contribution in [0.25, 0.3) is 0 Å². The van der Waals surface area contributed by atoms with Crippen molar-refractivity contribution in [3.8, 4) is 0 Å². The Bertz CT molecular complexity index is 614. The Labute approximate surface area is 188 Å². The first-order valence-corrected chi connectivity index (χ1v) is 10.0. The molecule has 0 bridgehead atoms. The number of hydrogen-bond acceptors (Lipinski definition) is 15. The average Bonchev–Trinajstić information content (AvgIpc) is 2.74. The van der Waals surface area contributed by atoms with Crippen molar-refractivity contribution in [2.75, 3.05) is 13.2 Å². The molecule has 1 heterocycles. The Hall–Kier alpha value is -1.66. The Balaban J connectivity index is 2.86. The molecule has 1 aliphatic rings. The molecule has 1 rings (SSSR count). The van der Waals surface area contributed by atoms with E-state index in [0.29, 0.717) is 0 Å². The van der Waals surface area contributed by atoms with Gasteiger partial charge in [0.2, 0.25) is 6.29 Å². The normalized spacial score (nSPS) is 30.1. The third-order valence-corrected chi connectivity index (χ3v) is 4.48. The van der Waals surface area contributed by atoms with E-state index in [1.54, 1.807) is 13.8 Å². The molecule has 194 valence electrons. The molecule has 1 fully saturated rings. The summed E-state index contributed by atoms with van der Waals surface area (Å²) in [5, 5.41) is 78.5. The first-order chi connectivity index (χ1) is 15.3. The van der Waals surface area contributed by atoms with Gasteiger partial charge in [0, 0.05) is 6.92 Å². The minimum atomic E-state index is -2.41. The van der Waals surface area contributed by atoms with E-state index in [1.807, 2.05) is 0 Å². The van der Waals surface area contributed by atoms with Crippen molar-refractivity contribution < 1.29 is 74.1 Å². The van der Waals surface area contributed by atoms with Gasteiger partial charge in [-0.2, -0.15) is 0 Å². The van der Waals surface area contributed by atoms with Crippen molar-refractivity contribution in [1.82, 2.24) is 0 Å². The molecule has 10 atom stereocenters. The highest BCUT2D eigenvalue weighted by atomic mass is 16.8. The number of carbonyl (C=O) groups excluding carboxylic acids is 2. The molecule has 0 aromatic carbocycles. The van der Waals surface area contributed by atoms with Crippen LogP contribution < -0.4 is 0 Å². The number of ether oxygens (including phenoxy) is 5. The second kappa shape index (κ2) is 13.3. The van der Waals surface area contributed by atoms with Crippen molar-refractivity contribution in [2.24, 2.45) is 0 Å². The SMILES string of the molecule is CC(C)OC(=O)OC(C)OC(=O)C(O)C(O)C(OC1OC(CO)[C@H](O)[C@H](O)C1O)C(O)CO. The number of carbonyl (C=O) groups is 2. The van der Waals surface area contributed by atoms with Gasteiger partial charge in [-0.1, -0.05) is 0 Å². The maximum absolute atomic E-state index is 12.1. The van der Waals surface area contributed by atoms with Crippen molar-refractivity contribution in [1.29, 1.82) is 0 Å². The summed E-state index contributed by atoms with van der Waals surface area (Å²) in [5.74, 6) is -1.51.